The van der Waals surface area contributed by atoms with Crippen molar-refractivity contribution in [1.29, 1.82) is 0 Å². The van der Waals surface area contributed by atoms with Crippen LogP contribution in [0.3, 0.4) is 0 Å². The van der Waals surface area contributed by atoms with Gasteiger partial charge >= 0.3 is 0 Å². The summed E-state index contributed by atoms with van der Waals surface area (Å²) in [6.07, 6.45) is 1.64. The van der Waals surface area contributed by atoms with Gasteiger partial charge in [-0.05, 0) is 11.6 Å². The summed E-state index contributed by atoms with van der Waals surface area (Å²) in [5.41, 5.74) is 7.73. The van der Waals surface area contributed by atoms with Gasteiger partial charge in [0.2, 0.25) is 0 Å². The number of furan rings is 1. The molecule has 1 aromatic carbocycles. The van der Waals surface area contributed by atoms with E-state index in [1.54, 1.807) is 6.26 Å². The first-order chi connectivity index (χ1) is 7.90. The second-order valence-corrected chi connectivity index (χ2v) is 3.55. The molecule has 0 spiro atoms. The first-order valence-corrected chi connectivity index (χ1v) is 5.27. The molecule has 84 valence electrons. The van der Waals surface area contributed by atoms with Crippen LogP contribution in [0.1, 0.15) is 16.9 Å². The van der Waals surface area contributed by atoms with Crippen molar-refractivity contribution >= 4 is 0 Å². The van der Waals surface area contributed by atoms with E-state index in [4.69, 9.17) is 14.9 Å². The van der Waals surface area contributed by atoms with Crippen LogP contribution in [0.25, 0.3) is 0 Å². The molecule has 2 rings (SSSR count). The molecule has 0 amide bonds. The van der Waals surface area contributed by atoms with Gasteiger partial charge in [-0.15, -0.1) is 0 Å². The quantitative estimate of drug-likeness (QED) is 0.836. The molecule has 3 nitrogen and oxygen atoms in total. The summed E-state index contributed by atoms with van der Waals surface area (Å²) in [5, 5.41) is 0. The third kappa shape index (κ3) is 2.72. The highest BCUT2D eigenvalue weighted by Gasteiger charge is 2.04. The first kappa shape index (κ1) is 10.9. The van der Waals surface area contributed by atoms with Gasteiger partial charge in [0.05, 0.1) is 12.9 Å². The summed E-state index contributed by atoms with van der Waals surface area (Å²) in [5.74, 6) is 0.818. The van der Waals surface area contributed by atoms with E-state index >= 15 is 0 Å². The summed E-state index contributed by atoms with van der Waals surface area (Å²) >= 11 is 0. The van der Waals surface area contributed by atoms with Crippen molar-refractivity contribution in [2.75, 3.05) is 0 Å². The summed E-state index contributed by atoms with van der Waals surface area (Å²) < 4.78 is 10.8. The number of rotatable bonds is 5. The zero-order valence-electron chi connectivity index (χ0n) is 9.06. The molecule has 0 aliphatic rings. The van der Waals surface area contributed by atoms with Gasteiger partial charge in [-0.2, -0.15) is 0 Å². The molecule has 0 saturated carbocycles. The largest absolute Gasteiger partial charge is 0.467 e. The number of ether oxygens (including phenoxy) is 1. The summed E-state index contributed by atoms with van der Waals surface area (Å²) in [6.45, 7) is 1.54. The number of hydrogen-bond acceptors (Lipinski definition) is 3. The standard InChI is InChI=1S/C13H15NO2/c14-8-12-6-7-16-13(12)10-15-9-11-4-2-1-3-5-11/h1-7H,8-10,14H2. The van der Waals surface area contributed by atoms with E-state index in [-0.39, 0.29) is 0 Å². The maximum atomic E-state index is 5.56. The average Bonchev–Trinajstić information content (AvgIpc) is 2.78. The van der Waals surface area contributed by atoms with Crippen LogP contribution in [0.15, 0.2) is 47.1 Å². The molecule has 16 heavy (non-hydrogen) atoms. The molecule has 3 heteroatoms. The molecule has 0 aliphatic carbocycles. The minimum atomic E-state index is 0.467. The third-order valence-electron chi connectivity index (χ3n) is 2.40. The summed E-state index contributed by atoms with van der Waals surface area (Å²) in [6, 6.07) is 11.9. The lowest BCUT2D eigenvalue weighted by Gasteiger charge is -2.03. The fourth-order valence-electron chi connectivity index (χ4n) is 1.51. The molecular weight excluding hydrogens is 202 g/mol. The molecule has 0 unspecified atom stereocenters. The molecule has 0 bridgehead atoms. The van der Waals surface area contributed by atoms with Gasteiger partial charge in [0.1, 0.15) is 12.4 Å². The van der Waals surface area contributed by atoms with Crippen molar-refractivity contribution in [3.63, 3.8) is 0 Å². The van der Waals surface area contributed by atoms with E-state index in [0.29, 0.717) is 19.8 Å². The molecule has 0 fully saturated rings. The lowest BCUT2D eigenvalue weighted by atomic mass is 10.2. The SMILES string of the molecule is NCc1ccoc1COCc1ccccc1. The van der Waals surface area contributed by atoms with Gasteiger partial charge in [0.15, 0.2) is 0 Å². The third-order valence-corrected chi connectivity index (χ3v) is 2.40. The first-order valence-electron chi connectivity index (χ1n) is 5.27. The maximum Gasteiger partial charge on any atom is 0.133 e. The Hall–Kier alpha value is -1.58. The average molecular weight is 217 g/mol. The smallest absolute Gasteiger partial charge is 0.133 e. The Morgan fingerprint density at radius 3 is 2.62 bits per heavy atom. The van der Waals surface area contributed by atoms with Crippen LogP contribution in [-0.2, 0) is 24.5 Å². The van der Waals surface area contributed by atoms with Crippen molar-refractivity contribution in [3.8, 4) is 0 Å². The van der Waals surface area contributed by atoms with Crippen molar-refractivity contribution in [2.24, 2.45) is 5.73 Å². The van der Waals surface area contributed by atoms with Gasteiger partial charge < -0.3 is 14.9 Å². The molecule has 1 heterocycles. The van der Waals surface area contributed by atoms with Crippen LogP contribution in [0.5, 0.6) is 0 Å². The van der Waals surface area contributed by atoms with Gasteiger partial charge in [0.25, 0.3) is 0 Å². The zero-order chi connectivity index (χ0) is 11.2. The number of nitrogens with two attached hydrogens (primary N) is 1. The Balaban J connectivity index is 1.85. The van der Waals surface area contributed by atoms with E-state index in [1.165, 1.54) is 0 Å². The molecule has 0 atom stereocenters. The summed E-state index contributed by atoms with van der Waals surface area (Å²) in [7, 11) is 0. The monoisotopic (exact) mass is 217 g/mol. The predicted molar refractivity (Wildman–Crippen MR) is 61.5 cm³/mol. The normalized spacial score (nSPS) is 10.6. The lowest BCUT2D eigenvalue weighted by molar-refractivity contribution is 0.0922. The van der Waals surface area contributed by atoms with Gasteiger partial charge in [-0.3, -0.25) is 0 Å². The minimum absolute atomic E-state index is 0.467. The van der Waals surface area contributed by atoms with E-state index in [0.717, 1.165) is 16.9 Å². The Morgan fingerprint density at radius 2 is 1.88 bits per heavy atom. The van der Waals surface area contributed by atoms with Crippen LogP contribution in [0, 0.1) is 0 Å². The molecule has 0 aliphatic heterocycles. The predicted octanol–water partition coefficient (Wildman–Crippen LogP) is 2.46. The zero-order valence-corrected chi connectivity index (χ0v) is 9.06. The van der Waals surface area contributed by atoms with Crippen LogP contribution in [-0.4, -0.2) is 0 Å². The Labute approximate surface area is 94.8 Å². The highest BCUT2D eigenvalue weighted by atomic mass is 16.5. The van der Waals surface area contributed by atoms with Crippen molar-refractivity contribution in [1.82, 2.24) is 0 Å². The van der Waals surface area contributed by atoms with Crippen LogP contribution < -0.4 is 5.73 Å². The van der Waals surface area contributed by atoms with E-state index in [2.05, 4.69) is 0 Å². The topological polar surface area (TPSA) is 48.4 Å². The van der Waals surface area contributed by atoms with Crippen LogP contribution >= 0.6 is 0 Å². The van der Waals surface area contributed by atoms with Crippen molar-refractivity contribution in [2.45, 2.75) is 19.8 Å². The lowest BCUT2D eigenvalue weighted by Crippen LogP contribution is -2.00. The van der Waals surface area contributed by atoms with Gasteiger partial charge in [-0.1, -0.05) is 30.3 Å². The Kier molecular flexibility index (Phi) is 3.75. The Bertz CT molecular complexity index is 423. The van der Waals surface area contributed by atoms with Gasteiger partial charge in [0, 0.05) is 12.1 Å². The molecule has 0 radical (unpaired) electrons. The minimum Gasteiger partial charge on any atom is -0.467 e. The summed E-state index contributed by atoms with van der Waals surface area (Å²) in [4.78, 5) is 0. The molecule has 2 N–H and O–H groups in total. The van der Waals surface area contributed by atoms with Gasteiger partial charge in [-0.25, -0.2) is 0 Å². The number of hydrogen-bond donors (Lipinski definition) is 1. The highest BCUT2D eigenvalue weighted by Crippen LogP contribution is 2.12. The van der Waals surface area contributed by atoms with E-state index in [1.807, 2.05) is 36.4 Å². The maximum absolute atomic E-state index is 5.56. The van der Waals surface area contributed by atoms with Crippen molar-refractivity contribution in [3.05, 3.63) is 59.5 Å². The van der Waals surface area contributed by atoms with Crippen LogP contribution in [0.2, 0.25) is 0 Å². The molecule has 2 aromatic rings. The molecule has 1 aromatic heterocycles. The fraction of sp³-hybridized carbons (Fsp3) is 0.231. The molecule has 0 saturated heterocycles. The Morgan fingerprint density at radius 1 is 1.06 bits per heavy atom. The van der Waals surface area contributed by atoms with Crippen LogP contribution in [0.4, 0.5) is 0 Å². The van der Waals surface area contributed by atoms with Crippen molar-refractivity contribution < 1.29 is 9.15 Å². The number of benzene rings is 1. The second kappa shape index (κ2) is 5.49. The molecular formula is C13H15NO2. The fourth-order valence-corrected chi connectivity index (χ4v) is 1.51. The second-order valence-electron chi connectivity index (χ2n) is 3.55. The van der Waals surface area contributed by atoms with E-state index in [9.17, 15) is 0 Å². The van der Waals surface area contributed by atoms with E-state index < -0.39 is 0 Å². The highest BCUT2D eigenvalue weighted by molar-refractivity contribution is 5.16.